The van der Waals surface area contributed by atoms with Gasteiger partial charge < -0.3 is 33.7 Å². The number of carbonyl (C=O) groups is 1. The second-order valence-electron chi connectivity index (χ2n) is 12.1. The lowest BCUT2D eigenvalue weighted by Crippen LogP contribution is -2.51. The number of ether oxygens (including phenoxy) is 3. The van der Waals surface area contributed by atoms with Crippen LogP contribution in [0.25, 0.3) is 22.2 Å². The van der Waals surface area contributed by atoms with E-state index in [-0.39, 0.29) is 12.3 Å². The number of aromatic nitrogens is 4. The summed E-state index contributed by atoms with van der Waals surface area (Å²) in [6.45, 7) is 11.7. The van der Waals surface area contributed by atoms with E-state index in [9.17, 15) is 4.79 Å². The van der Waals surface area contributed by atoms with Crippen LogP contribution in [-0.2, 0) is 19.0 Å². The number of nitrogens with zero attached hydrogens (tertiary/aromatic N) is 5. The summed E-state index contributed by atoms with van der Waals surface area (Å²) in [4.78, 5) is 32.1. The van der Waals surface area contributed by atoms with E-state index in [1.807, 2.05) is 24.8 Å². The molecule has 0 spiro atoms. The van der Waals surface area contributed by atoms with E-state index in [4.69, 9.17) is 14.2 Å². The molecule has 2 fully saturated rings. The molecule has 1 radical (unpaired) electrons. The molecule has 2 atom stereocenters. The number of hydrogen-bond donors (Lipinski definition) is 1. The van der Waals surface area contributed by atoms with E-state index >= 15 is 0 Å². The van der Waals surface area contributed by atoms with Crippen LogP contribution in [0.3, 0.4) is 0 Å². The third kappa shape index (κ3) is 9.43. The molecule has 3 aromatic rings. The summed E-state index contributed by atoms with van der Waals surface area (Å²) in [5.74, 6) is 0. The summed E-state index contributed by atoms with van der Waals surface area (Å²) in [5, 5.41) is 1.07. The van der Waals surface area contributed by atoms with Gasteiger partial charge in [-0.05, 0) is 44.2 Å². The fourth-order valence-corrected chi connectivity index (χ4v) is 6.23. The van der Waals surface area contributed by atoms with Gasteiger partial charge in [0.25, 0.3) is 7.41 Å². The first kappa shape index (κ1) is 32.3. The third-order valence-corrected chi connectivity index (χ3v) is 9.43. The average molecular weight is 594 g/mol. The van der Waals surface area contributed by atoms with Gasteiger partial charge in [-0.25, -0.2) is 15.0 Å². The van der Waals surface area contributed by atoms with Crippen molar-refractivity contribution in [3.63, 3.8) is 0 Å². The zero-order valence-corrected chi connectivity index (χ0v) is 26.6. The highest BCUT2D eigenvalue weighted by atomic mass is 28.3. The van der Waals surface area contributed by atoms with Crippen LogP contribution >= 0.6 is 0 Å². The molecule has 3 aromatic heterocycles. The number of pyridine rings is 1. The Labute approximate surface area is 251 Å². The minimum absolute atomic E-state index is 0.117. The summed E-state index contributed by atoms with van der Waals surface area (Å²) in [5.41, 5.74) is 3.97. The van der Waals surface area contributed by atoms with Gasteiger partial charge in [0.15, 0.2) is 6.29 Å². The lowest BCUT2D eigenvalue weighted by molar-refractivity contribution is -0.163. The molecule has 1 unspecified atom stereocenters. The van der Waals surface area contributed by atoms with Crippen molar-refractivity contribution in [3.8, 4) is 11.1 Å². The van der Waals surface area contributed by atoms with Crippen molar-refractivity contribution < 1.29 is 19.0 Å². The molecule has 227 valence electrons. The predicted molar refractivity (Wildman–Crippen MR) is 171 cm³/mol. The van der Waals surface area contributed by atoms with Crippen molar-refractivity contribution in [1.29, 1.82) is 0 Å². The molecule has 0 aromatic carbocycles. The van der Waals surface area contributed by atoms with Crippen molar-refractivity contribution in [2.24, 2.45) is 0 Å². The fourth-order valence-electron chi connectivity index (χ4n) is 5.41. The highest BCUT2D eigenvalue weighted by Crippen LogP contribution is 2.35. The standard InChI is InChI=1S/C24H30BN6O3.C6H16OSi/c32-16-25-31(9-11-34-22-5-1-2-10-33-22)19-4-3-8-30(15-19)21-6-7-28-24-23(21)20(14-29-24)18-12-26-17-27-13-18;1-7-5-6-8(2,3)4/h6-7,12-14,16-17,19,22H,1-5,8-11,15H2,(H,28,29);5-6H2,1-4H3/t19-,22?;/m0./s1. The smallest absolute Gasteiger partial charge is 0.293 e. The SMILES string of the molecule is COCC[Si](C)(C)C.O=C[B]N(CCOC1CCCCO1)[C@H]1CCCN(c2ccnc3[nH]cc(-c4cncnc4)c23)C1. The quantitative estimate of drug-likeness (QED) is 0.238. The number of piperidine rings is 1. The van der Waals surface area contributed by atoms with Crippen molar-refractivity contribution in [3.05, 3.63) is 37.2 Å². The van der Waals surface area contributed by atoms with E-state index in [0.717, 1.165) is 92.4 Å². The average Bonchev–Trinajstić information content (AvgIpc) is 3.45. The number of nitrogens with one attached hydrogen (secondary N) is 1. The Morgan fingerprint density at radius 1 is 1.19 bits per heavy atom. The molecule has 2 saturated heterocycles. The summed E-state index contributed by atoms with van der Waals surface area (Å²) >= 11 is 0. The van der Waals surface area contributed by atoms with Gasteiger partial charge >= 0.3 is 0 Å². The molecule has 10 nitrogen and oxygen atoms in total. The maximum absolute atomic E-state index is 11.4. The number of fused-ring (bicyclic) bond motifs is 1. The van der Waals surface area contributed by atoms with Crippen LogP contribution in [0.1, 0.15) is 32.1 Å². The lowest BCUT2D eigenvalue weighted by Gasteiger charge is -2.40. The lowest BCUT2D eigenvalue weighted by atomic mass is 9.88. The van der Waals surface area contributed by atoms with E-state index in [2.05, 4.69) is 55.4 Å². The molecule has 2 aliphatic heterocycles. The topological polar surface area (TPSA) is 106 Å². The molecular formula is C30H46BN6O4Si. The van der Waals surface area contributed by atoms with E-state index in [1.54, 1.807) is 14.5 Å². The molecule has 5 heterocycles. The minimum atomic E-state index is -0.803. The van der Waals surface area contributed by atoms with Gasteiger partial charge in [-0.2, -0.15) is 0 Å². The summed E-state index contributed by atoms with van der Waals surface area (Å²) in [6.07, 6.45) is 15.0. The van der Waals surface area contributed by atoms with Gasteiger partial charge in [0.1, 0.15) is 12.0 Å². The molecule has 0 amide bonds. The molecule has 0 aliphatic carbocycles. The molecule has 2 aliphatic rings. The second kappa shape index (κ2) is 16.3. The Hall–Kier alpha value is -2.64. The zero-order valence-electron chi connectivity index (χ0n) is 25.6. The number of aromatic amines is 1. The number of methoxy groups -OCH3 is 1. The first-order valence-electron chi connectivity index (χ1n) is 15.1. The Morgan fingerprint density at radius 3 is 2.71 bits per heavy atom. The first-order valence-corrected chi connectivity index (χ1v) is 18.8. The van der Waals surface area contributed by atoms with Gasteiger partial charge in [0, 0.05) is 95.7 Å². The van der Waals surface area contributed by atoms with Crippen molar-refractivity contribution in [2.75, 3.05) is 51.5 Å². The van der Waals surface area contributed by atoms with Crippen LogP contribution in [-0.4, -0.2) is 105 Å². The number of anilines is 1. The minimum Gasteiger partial charge on any atom is -0.385 e. The number of carbonyl (C=O) groups excluding carboxylic acids is 1. The summed E-state index contributed by atoms with van der Waals surface area (Å²) in [7, 11) is 2.62. The zero-order chi connectivity index (χ0) is 29.8. The predicted octanol–water partition coefficient (Wildman–Crippen LogP) is 4.61. The monoisotopic (exact) mass is 593 g/mol. The van der Waals surface area contributed by atoms with Crippen LogP contribution in [0, 0.1) is 0 Å². The highest BCUT2D eigenvalue weighted by molar-refractivity contribution is 6.76. The molecule has 1 N–H and O–H groups in total. The number of hydrogen-bond acceptors (Lipinski definition) is 9. The molecule has 5 rings (SSSR count). The second-order valence-corrected chi connectivity index (χ2v) is 17.7. The summed E-state index contributed by atoms with van der Waals surface area (Å²) in [6, 6.07) is 3.58. The maximum atomic E-state index is 11.4. The molecular weight excluding hydrogens is 547 g/mol. The van der Waals surface area contributed by atoms with E-state index in [0.29, 0.717) is 13.2 Å². The molecule has 12 heteroatoms. The van der Waals surface area contributed by atoms with Crippen LogP contribution < -0.4 is 4.90 Å². The normalized spacial score (nSPS) is 19.4. The van der Waals surface area contributed by atoms with Crippen molar-refractivity contribution in [1.82, 2.24) is 24.7 Å². The van der Waals surface area contributed by atoms with Crippen LogP contribution in [0.2, 0.25) is 25.7 Å². The van der Waals surface area contributed by atoms with Gasteiger partial charge in [0.2, 0.25) is 0 Å². The molecule has 0 bridgehead atoms. The van der Waals surface area contributed by atoms with Crippen LogP contribution in [0.15, 0.2) is 37.2 Å². The van der Waals surface area contributed by atoms with E-state index < -0.39 is 8.07 Å². The summed E-state index contributed by atoms with van der Waals surface area (Å²) < 4.78 is 16.6. The fraction of sp³-hybridized carbons (Fsp3) is 0.600. The van der Waals surface area contributed by atoms with Crippen LogP contribution in [0.5, 0.6) is 0 Å². The van der Waals surface area contributed by atoms with E-state index in [1.165, 1.54) is 12.4 Å². The van der Waals surface area contributed by atoms with Gasteiger partial charge in [0.05, 0.1) is 18.2 Å². The third-order valence-electron chi connectivity index (χ3n) is 7.73. The Kier molecular flexibility index (Phi) is 12.5. The Morgan fingerprint density at radius 2 is 2.02 bits per heavy atom. The van der Waals surface area contributed by atoms with Gasteiger partial charge in [-0.3, -0.25) is 0 Å². The molecule has 42 heavy (non-hydrogen) atoms. The van der Waals surface area contributed by atoms with Crippen molar-refractivity contribution >= 4 is 38.4 Å². The largest absolute Gasteiger partial charge is 0.385 e. The first-order chi connectivity index (χ1) is 20.4. The van der Waals surface area contributed by atoms with Gasteiger partial charge in [-0.15, -0.1) is 0 Å². The highest BCUT2D eigenvalue weighted by Gasteiger charge is 2.28. The Bertz CT molecular complexity index is 1220. The van der Waals surface area contributed by atoms with Gasteiger partial charge in [-0.1, -0.05) is 19.6 Å². The van der Waals surface area contributed by atoms with Crippen LogP contribution in [0.4, 0.5) is 5.69 Å². The number of H-pyrrole nitrogens is 1. The Balaban J connectivity index is 0.000000446. The molecule has 0 saturated carbocycles. The van der Waals surface area contributed by atoms with Crippen molar-refractivity contribution in [2.45, 2.75) is 70.1 Å². The number of rotatable bonds is 12. The maximum Gasteiger partial charge on any atom is 0.293 e.